The van der Waals surface area contributed by atoms with Crippen LogP contribution >= 0.6 is 0 Å². The lowest BCUT2D eigenvalue weighted by Crippen LogP contribution is -2.16. The number of hydrogen-bond donors (Lipinski definition) is 2. The molecule has 0 heterocycles. The van der Waals surface area contributed by atoms with Crippen LogP contribution in [0.25, 0.3) is 0 Å². The molecule has 0 bridgehead atoms. The number of methoxy groups -OCH3 is 1. The van der Waals surface area contributed by atoms with Crippen LogP contribution in [-0.2, 0) is 4.79 Å². The summed E-state index contributed by atoms with van der Waals surface area (Å²) < 4.78 is 30.6. The van der Waals surface area contributed by atoms with Crippen molar-refractivity contribution in [1.82, 2.24) is 0 Å². The lowest BCUT2D eigenvalue weighted by atomic mass is 10.0. The first-order valence-electron chi connectivity index (χ1n) is 4.46. The topological polar surface area (TPSA) is 72.5 Å². The van der Waals surface area contributed by atoms with Gasteiger partial charge in [-0.1, -0.05) is 0 Å². The van der Waals surface area contributed by atoms with Crippen molar-refractivity contribution in [1.29, 1.82) is 0 Å². The van der Waals surface area contributed by atoms with Gasteiger partial charge in [0.2, 0.25) is 0 Å². The fraction of sp³-hybridized carbons (Fsp3) is 0.300. The highest BCUT2D eigenvalue weighted by Gasteiger charge is 2.18. The number of ether oxygens (including phenoxy) is 1. The van der Waals surface area contributed by atoms with E-state index in [-0.39, 0.29) is 17.7 Å². The number of halogens is 2. The van der Waals surface area contributed by atoms with Crippen LogP contribution in [0.5, 0.6) is 5.75 Å². The summed E-state index contributed by atoms with van der Waals surface area (Å²) in [6.45, 7) is 0. The SMILES string of the molecule is COc1cc(F)c(F)cc1[C@H](N)CC(=O)O. The minimum absolute atomic E-state index is 0.0349. The lowest BCUT2D eigenvalue weighted by Gasteiger charge is -2.14. The average molecular weight is 231 g/mol. The van der Waals surface area contributed by atoms with Crippen LogP contribution in [0.3, 0.4) is 0 Å². The Labute approximate surface area is 90.6 Å². The monoisotopic (exact) mass is 231 g/mol. The number of hydrogen-bond acceptors (Lipinski definition) is 3. The van der Waals surface area contributed by atoms with Crippen molar-refractivity contribution >= 4 is 5.97 Å². The van der Waals surface area contributed by atoms with Gasteiger partial charge in [0.15, 0.2) is 11.6 Å². The van der Waals surface area contributed by atoms with Crippen LogP contribution < -0.4 is 10.5 Å². The van der Waals surface area contributed by atoms with Gasteiger partial charge in [-0.15, -0.1) is 0 Å². The molecule has 1 atom stereocenters. The largest absolute Gasteiger partial charge is 0.496 e. The van der Waals surface area contributed by atoms with Crippen molar-refractivity contribution in [3.63, 3.8) is 0 Å². The zero-order valence-electron chi connectivity index (χ0n) is 8.54. The van der Waals surface area contributed by atoms with Crippen LogP contribution in [0, 0.1) is 11.6 Å². The van der Waals surface area contributed by atoms with E-state index in [1.54, 1.807) is 0 Å². The second-order valence-corrected chi connectivity index (χ2v) is 3.21. The van der Waals surface area contributed by atoms with Gasteiger partial charge >= 0.3 is 5.97 Å². The molecule has 4 nitrogen and oxygen atoms in total. The van der Waals surface area contributed by atoms with Crippen molar-refractivity contribution in [3.05, 3.63) is 29.3 Å². The number of aliphatic carboxylic acids is 1. The normalized spacial score (nSPS) is 12.2. The molecule has 0 saturated carbocycles. The Morgan fingerprint density at radius 2 is 2.06 bits per heavy atom. The Bertz CT molecular complexity index is 409. The molecule has 0 aromatic heterocycles. The van der Waals surface area contributed by atoms with Crippen LogP contribution in [0.4, 0.5) is 8.78 Å². The lowest BCUT2D eigenvalue weighted by molar-refractivity contribution is -0.137. The molecule has 0 spiro atoms. The minimum atomic E-state index is -1.13. The van der Waals surface area contributed by atoms with Gasteiger partial charge in [-0.25, -0.2) is 8.78 Å². The highest BCUT2D eigenvalue weighted by Crippen LogP contribution is 2.28. The molecule has 0 amide bonds. The van der Waals surface area contributed by atoms with Gasteiger partial charge in [0.25, 0.3) is 0 Å². The van der Waals surface area contributed by atoms with E-state index in [0.717, 1.165) is 12.1 Å². The molecule has 0 saturated heterocycles. The van der Waals surface area contributed by atoms with E-state index in [0.29, 0.717) is 0 Å². The van der Waals surface area contributed by atoms with E-state index >= 15 is 0 Å². The van der Waals surface area contributed by atoms with E-state index in [1.807, 2.05) is 0 Å². The summed E-state index contributed by atoms with van der Waals surface area (Å²) in [4.78, 5) is 10.4. The molecule has 0 aliphatic rings. The molecule has 16 heavy (non-hydrogen) atoms. The van der Waals surface area contributed by atoms with E-state index in [9.17, 15) is 13.6 Å². The molecule has 0 unspecified atom stereocenters. The van der Waals surface area contributed by atoms with Gasteiger partial charge in [-0.05, 0) is 6.07 Å². The van der Waals surface area contributed by atoms with Crippen molar-refractivity contribution < 1.29 is 23.4 Å². The molecular weight excluding hydrogens is 220 g/mol. The van der Waals surface area contributed by atoms with Gasteiger partial charge in [0, 0.05) is 17.7 Å². The highest BCUT2D eigenvalue weighted by molar-refractivity contribution is 5.68. The highest BCUT2D eigenvalue weighted by atomic mass is 19.2. The van der Waals surface area contributed by atoms with Crippen molar-refractivity contribution in [2.24, 2.45) is 5.73 Å². The molecule has 1 rings (SSSR count). The molecule has 1 aromatic carbocycles. The molecule has 1 aromatic rings. The Kier molecular flexibility index (Phi) is 3.78. The Hall–Kier alpha value is -1.69. The van der Waals surface area contributed by atoms with E-state index < -0.39 is 23.6 Å². The van der Waals surface area contributed by atoms with Crippen LogP contribution in [0.15, 0.2) is 12.1 Å². The van der Waals surface area contributed by atoms with E-state index in [2.05, 4.69) is 0 Å². The number of carbonyl (C=O) groups is 1. The second-order valence-electron chi connectivity index (χ2n) is 3.21. The van der Waals surface area contributed by atoms with Crippen molar-refractivity contribution in [2.45, 2.75) is 12.5 Å². The van der Waals surface area contributed by atoms with Gasteiger partial charge in [0.1, 0.15) is 5.75 Å². The van der Waals surface area contributed by atoms with Crippen molar-refractivity contribution in [3.8, 4) is 5.75 Å². The molecule has 6 heteroatoms. The summed E-state index contributed by atoms with van der Waals surface area (Å²) >= 11 is 0. The predicted octanol–water partition coefficient (Wildman–Crippen LogP) is 1.45. The van der Waals surface area contributed by atoms with Crippen LogP contribution in [-0.4, -0.2) is 18.2 Å². The Morgan fingerprint density at radius 3 is 2.56 bits per heavy atom. The molecule has 0 fully saturated rings. The predicted molar refractivity (Wildman–Crippen MR) is 52.1 cm³/mol. The minimum Gasteiger partial charge on any atom is -0.496 e. The first kappa shape index (κ1) is 12.4. The maximum Gasteiger partial charge on any atom is 0.305 e. The summed E-state index contributed by atoms with van der Waals surface area (Å²) in [6.07, 6.45) is -0.387. The third-order valence-corrected chi connectivity index (χ3v) is 2.07. The molecule has 0 radical (unpaired) electrons. The van der Waals surface area contributed by atoms with Gasteiger partial charge in [-0.3, -0.25) is 4.79 Å². The number of nitrogens with two attached hydrogens (primary N) is 1. The summed E-state index contributed by atoms with van der Waals surface area (Å²) in [5, 5.41) is 8.54. The maximum atomic E-state index is 13.0. The standard InChI is InChI=1S/C10H11F2NO3/c1-16-9-3-7(12)6(11)2-5(9)8(13)4-10(14)15/h2-3,8H,4,13H2,1H3,(H,14,15)/t8-/m1/s1. The maximum absolute atomic E-state index is 13.0. The fourth-order valence-corrected chi connectivity index (χ4v) is 1.31. The third-order valence-electron chi connectivity index (χ3n) is 2.07. The van der Waals surface area contributed by atoms with Gasteiger partial charge in [-0.2, -0.15) is 0 Å². The number of carboxylic acids is 1. The molecule has 0 aliphatic heterocycles. The smallest absolute Gasteiger partial charge is 0.305 e. The first-order valence-corrected chi connectivity index (χ1v) is 4.46. The number of carboxylic acid groups (broad SMARTS) is 1. The Balaban J connectivity index is 3.10. The van der Waals surface area contributed by atoms with Gasteiger partial charge < -0.3 is 15.6 Å². The van der Waals surface area contributed by atoms with E-state index in [1.165, 1.54) is 7.11 Å². The quantitative estimate of drug-likeness (QED) is 0.822. The molecule has 3 N–H and O–H groups in total. The van der Waals surface area contributed by atoms with Crippen LogP contribution in [0.1, 0.15) is 18.0 Å². The molecular formula is C10H11F2NO3. The number of benzene rings is 1. The van der Waals surface area contributed by atoms with E-state index in [4.69, 9.17) is 15.6 Å². The first-order chi connectivity index (χ1) is 7.45. The third kappa shape index (κ3) is 2.66. The zero-order chi connectivity index (χ0) is 12.3. The van der Waals surface area contributed by atoms with Gasteiger partial charge in [0.05, 0.1) is 13.5 Å². The zero-order valence-corrected chi connectivity index (χ0v) is 8.54. The molecule has 0 aliphatic carbocycles. The second kappa shape index (κ2) is 4.89. The van der Waals surface area contributed by atoms with Crippen molar-refractivity contribution in [2.75, 3.05) is 7.11 Å². The summed E-state index contributed by atoms with van der Waals surface area (Å²) in [5.41, 5.74) is 5.67. The Morgan fingerprint density at radius 1 is 1.50 bits per heavy atom. The summed E-state index contributed by atoms with van der Waals surface area (Å²) in [7, 11) is 1.27. The number of rotatable bonds is 4. The van der Waals surface area contributed by atoms with Crippen LogP contribution in [0.2, 0.25) is 0 Å². The average Bonchev–Trinajstić information content (AvgIpc) is 2.20. The fourth-order valence-electron chi connectivity index (χ4n) is 1.31. The molecule has 88 valence electrons. The summed E-state index contributed by atoms with van der Waals surface area (Å²) in [5.74, 6) is -3.24. The summed E-state index contributed by atoms with van der Waals surface area (Å²) in [6, 6.07) is 0.747.